The maximum Gasteiger partial charge on any atom is 0.323 e. The molecule has 0 heterocycles. The van der Waals surface area contributed by atoms with Crippen molar-refractivity contribution in [1.29, 1.82) is 5.26 Å². The van der Waals surface area contributed by atoms with Crippen molar-refractivity contribution in [3.63, 3.8) is 0 Å². The highest BCUT2D eigenvalue weighted by Gasteiger charge is 2.03. The van der Waals surface area contributed by atoms with E-state index in [0.717, 1.165) is 5.56 Å². The predicted molar refractivity (Wildman–Crippen MR) is 81.0 cm³/mol. The van der Waals surface area contributed by atoms with Crippen molar-refractivity contribution in [3.05, 3.63) is 59.7 Å². The van der Waals surface area contributed by atoms with E-state index in [1.807, 2.05) is 24.3 Å². The molecule has 0 radical (unpaired) electrons. The quantitative estimate of drug-likeness (QED) is 0.902. The third kappa shape index (κ3) is 4.34. The lowest BCUT2D eigenvalue weighted by atomic mass is 10.2. The SMILES string of the molecule is COCc1cccc(NC(=O)Nc2ccc(C#N)cc2)c1. The molecule has 0 aliphatic heterocycles. The van der Waals surface area contributed by atoms with Crippen molar-refractivity contribution in [3.8, 4) is 6.07 Å². The molecule has 2 rings (SSSR count). The van der Waals surface area contributed by atoms with Gasteiger partial charge in [-0.3, -0.25) is 0 Å². The molecule has 0 fully saturated rings. The van der Waals surface area contributed by atoms with Gasteiger partial charge in [0, 0.05) is 18.5 Å². The Hall–Kier alpha value is -2.84. The van der Waals surface area contributed by atoms with E-state index < -0.39 is 0 Å². The molecule has 106 valence electrons. The molecule has 0 bridgehead atoms. The van der Waals surface area contributed by atoms with Crippen LogP contribution in [0.3, 0.4) is 0 Å². The predicted octanol–water partition coefficient (Wildman–Crippen LogP) is 3.35. The molecule has 0 aliphatic carbocycles. The Labute approximate surface area is 123 Å². The van der Waals surface area contributed by atoms with E-state index in [9.17, 15) is 4.79 Å². The Morgan fingerprint density at radius 3 is 2.52 bits per heavy atom. The van der Waals surface area contributed by atoms with Crippen molar-refractivity contribution in [1.82, 2.24) is 0 Å². The van der Waals surface area contributed by atoms with E-state index in [4.69, 9.17) is 10.00 Å². The number of rotatable bonds is 4. The van der Waals surface area contributed by atoms with Crippen LogP contribution in [0.25, 0.3) is 0 Å². The van der Waals surface area contributed by atoms with Crippen LogP contribution in [0, 0.1) is 11.3 Å². The second-order valence-corrected chi connectivity index (χ2v) is 4.40. The van der Waals surface area contributed by atoms with Gasteiger partial charge in [-0.25, -0.2) is 4.79 Å². The summed E-state index contributed by atoms with van der Waals surface area (Å²) in [4.78, 5) is 11.9. The zero-order valence-electron chi connectivity index (χ0n) is 11.6. The first kappa shape index (κ1) is 14.6. The summed E-state index contributed by atoms with van der Waals surface area (Å²) in [6, 6.07) is 15.8. The molecule has 2 aromatic rings. The first-order valence-corrected chi connectivity index (χ1v) is 6.37. The highest BCUT2D eigenvalue weighted by molar-refractivity contribution is 5.99. The summed E-state index contributed by atoms with van der Waals surface area (Å²) in [5, 5.41) is 14.2. The van der Waals surface area contributed by atoms with Gasteiger partial charge in [0.15, 0.2) is 0 Å². The van der Waals surface area contributed by atoms with Crippen molar-refractivity contribution in [2.24, 2.45) is 0 Å². The van der Waals surface area contributed by atoms with Crippen molar-refractivity contribution < 1.29 is 9.53 Å². The smallest absolute Gasteiger partial charge is 0.323 e. The van der Waals surface area contributed by atoms with E-state index in [2.05, 4.69) is 10.6 Å². The number of methoxy groups -OCH3 is 1. The van der Waals surface area contributed by atoms with Crippen LogP contribution in [0.15, 0.2) is 48.5 Å². The van der Waals surface area contributed by atoms with Gasteiger partial charge in [-0.1, -0.05) is 12.1 Å². The second-order valence-electron chi connectivity index (χ2n) is 4.40. The molecule has 0 aliphatic rings. The van der Waals surface area contributed by atoms with E-state index in [1.165, 1.54) is 0 Å². The summed E-state index contributed by atoms with van der Waals surface area (Å²) < 4.78 is 5.05. The van der Waals surface area contributed by atoms with Gasteiger partial charge in [-0.2, -0.15) is 5.26 Å². The lowest BCUT2D eigenvalue weighted by Crippen LogP contribution is -2.19. The standard InChI is InChI=1S/C16H15N3O2/c1-21-11-13-3-2-4-15(9-13)19-16(20)18-14-7-5-12(10-17)6-8-14/h2-9H,11H2,1H3,(H2,18,19,20). The molecule has 5 heteroatoms. The van der Waals surface area contributed by atoms with Crippen LogP contribution in [0.4, 0.5) is 16.2 Å². The summed E-state index contributed by atoms with van der Waals surface area (Å²) in [7, 11) is 1.62. The Kier molecular flexibility index (Phi) is 4.91. The largest absolute Gasteiger partial charge is 0.380 e. The number of nitrogens with zero attached hydrogens (tertiary/aromatic N) is 1. The van der Waals surface area contributed by atoms with Gasteiger partial charge in [0.1, 0.15) is 0 Å². The Bertz CT molecular complexity index is 660. The van der Waals surface area contributed by atoms with Gasteiger partial charge < -0.3 is 15.4 Å². The number of urea groups is 1. The van der Waals surface area contributed by atoms with Crippen molar-refractivity contribution >= 4 is 17.4 Å². The molecule has 21 heavy (non-hydrogen) atoms. The number of amides is 2. The molecular formula is C16H15N3O2. The van der Waals surface area contributed by atoms with Crippen LogP contribution in [0.2, 0.25) is 0 Å². The monoisotopic (exact) mass is 281 g/mol. The minimum absolute atomic E-state index is 0.339. The first-order valence-electron chi connectivity index (χ1n) is 6.37. The van der Waals surface area contributed by atoms with Gasteiger partial charge in [0.2, 0.25) is 0 Å². The van der Waals surface area contributed by atoms with Crippen LogP contribution in [-0.4, -0.2) is 13.1 Å². The van der Waals surface area contributed by atoms with Crippen LogP contribution in [0.1, 0.15) is 11.1 Å². The van der Waals surface area contributed by atoms with Crippen molar-refractivity contribution in [2.75, 3.05) is 17.7 Å². The summed E-state index contributed by atoms with van der Waals surface area (Å²) in [6.45, 7) is 0.493. The lowest BCUT2D eigenvalue weighted by molar-refractivity contribution is 0.185. The normalized spacial score (nSPS) is 9.71. The van der Waals surface area contributed by atoms with Crippen LogP contribution in [0.5, 0.6) is 0 Å². The number of benzene rings is 2. The Morgan fingerprint density at radius 1 is 1.14 bits per heavy atom. The molecule has 0 unspecified atom stereocenters. The topological polar surface area (TPSA) is 74.2 Å². The lowest BCUT2D eigenvalue weighted by Gasteiger charge is -2.09. The molecular weight excluding hydrogens is 266 g/mol. The Morgan fingerprint density at radius 2 is 1.86 bits per heavy atom. The minimum atomic E-state index is -0.339. The minimum Gasteiger partial charge on any atom is -0.380 e. The summed E-state index contributed by atoms with van der Waals surface area (Å²) in [6.07, 6.45) is 0. The van der Waals surface area contributed by atoms with Crippen LogP contribution < -0.4 is 10.6 Å². The molecule has 5 nitrogen and oxygen atoms in total. The van der Waals surface area contributed by atoms with E-state index >= 15 is 0 Å². The molecule has 0 saturated heterocycles. The third-order valence-electron chi connectivity index (χ3n) is 2.77. The number of ether oxygens (including phenoxy) is 1. The second kappa shape index (κ2) is 7.08. The summed E-state index contributed by atoms with van der Waals surface area (Å²) >= 11 is 0. The zero-order valence-corrected chi connectivity index (χ0v) is 11.6. The van der Waals surface area contributed by atoms with E-state index in [1.54, 1.807) is 37.4 Å². The van der Waals surface area contributed by atoms with Crippen LogP contribution >= 0.6 is 0 Å². The van der Waals surface area contributed by atoms with Gasteiger partial charge >= 0.3 is 6.03 Å². The average molecular weight is 281 g/mol. The fourth-order valence-electron chi connectivity index (χ4n) is 1.83. The number of nitriles is 1. The number of hydrogen-bond acceptors (Lipinski definition) is 3. The van der Waals surface area contributed by atoms with E-state index in [-0.39, 0.29) is 6.03 Å². The van der Waals surface area contributed by atoms with Gasteiger partial charge in [-0.05, 0) is 42.0 Å². The first-order chi connectivity index (χ1) is 10.2. The van der Waals surface area contributed by atoms with E-state index in [0.29, 0.717) is 23.5 Å². The molecule has 2 amide bonds. The summed E-state index contributed by atoms with van der Waals surface area (Å²) in [5.74, 6) is 0. The molecule has 0 aromatic heterocycles. The molecule has 0 saturated carbocycles. The number of nitrogens with one attached hydrogen (secondary N) is 2. The molecule has 2 aromatic carbocycles. The highest BCUT2D eigenvalue weighted by atomic mass is 16.5. The maximum atomic E-state index is 11.9. The van der Waals surface area contributed by atoms with Crippen molar-refractivity contribution in [2.45, 2.75) is 6.61 Å². The van der Waals surface area contributed by atoms with Crippen LogP contribution in [-0.2, 0) is 11.3 Å². The molecule has 0 spiro atoms. The maximum absolute atomic E-state index is 11.9. The zero-order chi connectivity index (χ0) is 15.1. The van der Waals surface area contributed by atoms with Gasteiger partial charge in [0.05, 0.1) is 18.2 Å². The van der Waals surface area contributed by atoms with Gasteiger partial charge in [0.25, 0.3) is 0 Å². The fraction of sp³-hybridized carbons (Fsp3) is 0.125. The third-order valence-corrected chi connectivity index (χ3v) is 2.77. The number of anilines is 2. The molecule has 0 atom stereocenters. The number of carbonyl (C=O) groups excluding carboxylic acids is 1. The number of carbonyl (C=O) groups is 1. The number of hydrogen-bond donors (Lipinski definition) is 2. The molecule has 2 N–H and O–H groups in total. The highest BCUT2D eigenvalue weighted by Crippen LogP contribution is 2.13. The summed E-state index contributed by atoms with van der Waals surface area (Å²) in [5.41, 5.74) is 2.84. The Balaban J connectivity index is 1.97. The fourth-order valence-corrected chi connectivity index (χ4v) is 1.83. The van der Waals surface area contributed by atoms with Gasteiger partial charge in [-0.15, -0.1) is 0 Å². The average Bonchev–Trinajstić information content (AvgIpc) is 2.48.